The highest BCUT2D eigenvalue weighted by atomic mass is 16.5. The molecule has 0 N–H and O–H groups in total. The van der Waals surface area contributed by atoms with Gasteiger partial charge in [-0.3, -0.25) is 4.79 Å². The van der Waals surface area contributed by atoms with Crippen molar-refractivity contribution in [3.05, 3.63) is 60.2 Å². The van der Waals surface area contributed by atoms with Gasteiger partial charge in [0.15, 0.2) is 5.78 Å². The number of ether oxygens (including phenoxy) is 2. The lowest BCUT2D eigenvalue weighted by atomic mass is 10.1. The molecule has 0 unspecified atom stereocenters. The first-order valence-electron chi connectivity index (χ1n) is 6.14. The standard InChI is InChI=1S/C16H16O3/c1-18-12-11-16(17)13-7-9-15(10-8-13)19-14-5-3-2-4-6-14/h2-10H,11-12H2,1H3. The van der Waals surface area contributed by atoms with Crippen molar-refractivity contribution < 1.29 is 14.3 Å². The number of para-hydroxylation sites is 1. The topological polar surface area (TPSA) is 35.5 Å². The van der Waals surface area contributed by atoms with Crippen molar-refractivity contribution in [3.8, 4) is 11.5 Å². The van der Waals surface area contributed by atoms with Crippen molar-refractivity contribution in [3.63, 3.8) is 0 Å². The molecule has 2 aromatic carbocycles. The maximum Gasteiger partial charge on any atom is 0.165 e. The summed E-state index contributed by atoms with van der Waals surface area (Å²) in [4.78, 5) is 11.8. The van der Waals surface area contributed by atoms with E-state index in [1.54, 1.807) is 31.4 Å². The molecule has 0 aliphatic carbocycles. The second-order valence-corrected chi connectivity index (χ2v) is 4.11. The molecule has 2 rings (SSSR count). The van der Waals surface area contributed by atoms with Crippen LogP contribution in [0.15, 0.2) is 54.6 Å². The molecule has 0 saturated heterocycles. The Morgan fingerprint density at radius 3 is 2.21 bits per heavy atom. The van der Waals surface area contributed by atoms with E-state index in [4.69, 9.17) is 9.47 Å². The summed E-state index contributed by atoms with van der Waals surface area (Å²) in [6.45, 7) is 0.446. The van der Waals surface area contributed by atoms with Crippen molar-refractivity contribution in [2.75, 3.05) is 13.7 Å². The van der Waals surface area contributed by atoms with Gasteiger partial charge in [-0.05, 0) is 36.4 Å². The summed E-state index contributed by atoms with van der Waals surface area (Å²) in [7, 11) is 1.59. The molecule has 0 atom stereocenters. The van der Waals surface area contributed by atoms with Crippen molar-refractivity contribution in [2.24, 2.45) is 0 Å². The summed E-state index contributed by atoms with van der Waals surface area (Å²) in [6, 6.07) is 16.7. The SMILES string of the molecule is COCCC(=O)c1ccc(Oc2ccccc2)cc1. The molecule has 0 radical (unpaired) electrons. The fraction of sp³-hybridized carbons (Fsp3) is 0.188. The van der Waals surface area contributed by atoms with Gasteiger partial charge in [0, 0.05) is 19.1 Å². The Bertz CT molecular complexity index is 517. The van der Waals surface area contributed by atoms with E-state index in [9.17, 15) is 4.79 Å². The number of carbonyl (C=O) groups excluding carboxylic acids is 1. The van der Waals surface area contributed by atoms with Gasteiger partial charge in [0.25, 0.3) is 0 Å². The predicted octanol–water partition coefficient (Wildman–Crippen LogP) is 3.70. The van der Waals surface area contributed by atoms with Crippen LogP contribution in [-0.2, 0) is 4.74 Å². The maximum atomic E-state index is 11.8. The monoisotopic (exact) mass is 256 g/mol. The third-order valence-corrected chi connectivity index (χ3v) is 2.69. The molecule has 0 aliphatic heterocycles. The first-order valence-corrected chi connectivity index (χ1v) is 6.14. The summed E-state index contributed by atoms with van der Waals surface area (Å²) >= 11 is 0. The molecule has 0 bridgehead atoms. The summed E-state index contributed by atoms with van der Waals surface area (Å²) in [5.74, 6) is 1.57. The zero-order valence-corrected chi connectivity index (χ0v) is 10.8. The highest BCUT2D eigenvalue weighted by molar-refractivity contribution is 5.96. The molecule has 0 fully saturated rings. The highest BCUT2D eigenvalue weighted by Crippen LogP contribution is 2.21. The summed E-state index contributed by atoms with van der Waals surface area (Å²) < 4.78 is 10.5. The number of Topliss-reactive ketones (excluding diaryl/α,β-unsaturated/α-hetero) is 1. The molecule has 3 heteroatoms. The minimum absolute atomic E-state index is 0.0770. The quantitative estimate of drug-likeness (QED) is 0.739. The number of rotatable bonds is 6. The molecule has 3 nitrogen and oxygen atoms in total. The third kappa shape index (κ3) is 3.93. The van der Waals surface area contributed by atoms with E-state index in [0.29, 0.717) is 18.6 Å². The predicted molar refractivity (Wildman–Crippen MR) is 73.8 cm³/mol. The van der Waals surface area contributed by atoms with Crippen LogP contribution >= 0.6 is 0 Å². The van der Waals surface area contributed by atoms with E-state index in [0.717, 1.165) is 11.5 Å². The van der Waals surface area contributed by atoms with Gasteiger partial charge < -0.3 is 9.47 Å². The van der Waals surface area contributed by atoms with Gasteiger partial charge in [-0.25, -0.2) is 0 Å². The van der Waals surface area contributed by atoms with Crippen molar-refractivity contribution in [2.45, 2.75) is 6.42 Å². The van der Waals surface area contributed by atoms with E-state index in [1.807, 2.05) is 30.3 Å². The van der Waals surface area contributed by atoms with Crippen LogP contribution in [0.4, 0.5) is 0 Å². The van der Waals surface area contributed by atoms with E-state index in [-0.39, 0.29) is 5.78 Å². The Kier molecular flexibility index (Phi) is 4.70. The molecule has 19 heavy (non-hydrogen) atoms. The highest BCUT2D eigenvalue weighted by Gasteiger charge is 2.05. The number of benzene rings is 2. The molecule has 98 valence electrons. The Balaban J connectivity index is 2.00. The number of hydrogen-bond acceptors (Lipinski definition) is 3. The second-order valence-electron chi connectivity index (χ2n) is 4.11. The van der Waals surface area contributed by atoms with Gasteiger partial charge in [0.1, 0.15) is 11.5 Å². The summed E-state index contributed by atoms with van der Waals surface area (Å²) in [5.41, 5.74) is 0.678. The molecule has 0 amide bonds. The fourth-order valence-electron chi connectivity index (χ4n) is 1.67. The molecule has 0 saturated carbocycles. The molecule has 0 aliphatic rings. The van der Waals surface area contributed by atoms with E-state index in [1.165, 1.54) is 0 Å². The number of carbonyl (C=O) groups is 1. The van der Waals surface area contributed by atoms with Gasteiger partial charge in [0.2, 0.25) is 0 Å². The normalized spacial score (nSPS) is 10.2. The number of ketones is 1. The zero-order valence-electron chi connectivity index (χ0n) is 10.8. The van der Waals surface area contributed by atoms with Crippen LogP contribution in [0.5, 0.6) is 11.5 Å². The van der Waals surface area contributed by atoms with E-state index >= 15 is 0 Å². The average molecular weight is 256 g/mol. The van der Waals surface area contributed by atoms with Gasteiger partial charge in [-0.1, -0.05) is 18.2 Å². The Hall–Kier alpha value is -2.13. The largest absolute Gasteiger partial charge is 0.457 e. The van der Waals surface area contributed by atoms with E-state index < -0.39 is 0 Å². The molecular formula is C16H16O3. The van der Waals surface area contributed by atoms with Crippen LogP contribution in [-0.4, -0.2) is 19.5 Å². The lowest BCUT2D eigenvalue weighted by molar-refractivity contribution is 0.0932. The van der Waals surface area contributed by atoms with Crippen molar-refractivity contribution in [1.82, 2.24) is 0 Å². The molecule has 0 aromatic heterocycles. The van der Waals surface area contributed by atoms with Crippen LogP contribution in [0.2, 0.25) is 0 Å². The van der Waals surface area contributed by atoms with Gasteiger partial charge >= 0.3 is 0 Å². The Morgan fingerprint density at radius 2 is 1.58 bits per heavy atom. The first-order chi connectivity index (χ1) is 9.29. The lowest BCUT2D eigenvalue weighted by Gasteiger charge is -2.06. The molecular weight excluding hydrogens is 240 g/mol. The van der Waals surface area contributed by atoms with Crippen molar-refractivity contribution in [1.29, 1.82) is 0 Å². The van der Waals surface area contributed by atoms with Crippen LogP contribution in [0.1, 0.15) is 16.8 Å². The van der Waals surface area contributed by atoms with Crippen LogP contribution in [0.25, 0.3) is 0 Å². The molecule has 0 heterocycles. The molecule has 2 aromatic rings. The fourth-order valence-corrected chi connectivity index (χ4v) is 1.67. The third-order valence-electron chi connectivity index (χ3n) is 2.69. The minimum Gasteiger partial charge on any atom is -0.457 e. The van der Waals surface area contributed by atoms with E-state index in [2.05, 4.69) is 0 Å². The Morgan fingerprint density at radius 1 is 0.947 bits per heavy atom. The van der Waals surface area contributed by atoms with Crippen molar-refractivity contribution >= 4 is 5.78 Å². The minimum atomic E-state index is 0.0770. The van der Waals surface area contributed by atoms with Crippen LogP contribution in [0, 0.1) is 0 Å². The lowest BCUT2D eigenvalue weighted by Crippen LogP contribution is -2.02. The van der Waals surface area contributed by atoms with Gasteiger partial charge in [-0.15, -0.1) is 0 Å². The van der Waals surface area contributed by atoms with Crippen LogP contribution in [0.3, 0.4) is 0 Å². The number of methoxy groups -OCH3 is 1. The summed E-state index contributed by atoms with van der Waals surface area (Å²) in [6.07, 6.45) is 0.398. The smallest absolute Gasteiger partial charge is 0.165 e. The second kappa shape index (κ2) is 6.71. The molecule has 0 spiro atoms. The van der Waals surface area contributed by atoms with Gasteiger partial charge in [0.05, 0.1) is 6.61 Å². The number of hydrogen-bond donors (Lipinski definition) is 0. The van der Waals surface area contributed by atoms with Gasteiger partial charge in [-0.2, -0.15) is 0 Å². The average Bonchev–Trinajstić information content (AvgIpc) is 2.46. The first kappa shape index (κ1) is 13.3. The summed E-state index contributed by atoms with van der Waals surface area (Å²) in [5, 5.41) is 0. The zero-order chi connectivity index (χ0) is 13.5. The Labute approximate surface area is 112 Å². The maximum absolute atomic E-state index is 11.8. The van der Waals surface area contributed by atoms with Crippen LogP contribution < -0.4 is 4.74 Å².